The number of benzene rings is 2. The number of carbonyl (C=O) groups is 5. The molecule has 0 radical (unpaired) electrons. The fourth-order valence-electron chi connectivity index (χ4n) is 5.14. The number of carboxylic acid groups (broad SMARTS) is 1. The minimum atomic E-state index is -4.83. The fourth-order valence-corrected chi connectivity index (χ4v) is 5.14. The molecule has 0 saturated carbocycles. The minimum absolute atomic E-state index is 0.0156. The van der Waals surface area contributed by atoms with Crippen molar-refractivity contribution in [3.8, 4) is 0 Å². The number of nitrogens with zero attached hydrogens (tertiary/aromatic N) is 6. The number of rotatable bonds is 14. The molecule has 0 spiro atoms. The quantitative estimate of drug-likeness (QED) is 0.0914. The van der Waals surface area contributed by atoms with Crippen molar-refractivity contribution in [3.05, 3.63) is 71.4 Å². The zero-order valence-corrected chi connectivity index (χ0v) is 27.9. The summed E-state index contributed by atoms with van der Waals surface area (Å²) in [6.45, 7) is -1.24. The molecule has 4 amide bonds. The van der Waals surface area contributed by atoms with E-state index in [1.807, 2.05) is 0 Å². The van der Waals surface area contributed by atoms with E-state index in [-0.39, 0.29) is 55.0 Å². The lowest BCUT2D eigenvalue weighted by molar-refractivity contribution is -0.160. The number of nitrogens with one attached hydrogen (secondary N) is 4. The van der Waals surface area contributed by atoms with Gasteiger partial charge in [-0.05, 0) is 71.7 Å². The first kappa shape index (κ1) is 39.5. The SMILES string of the molecule is O=C(O)CN1CCN(C(=O)CNC(=O)c2ccc(Nc3noc(C(F)(F)F)n3)cc2)[C@@H](CCCNC(=O)c2ccc(Nc3noc(C(F)(F)F)n3)cc2)C1=O. The molecule has 5 N–H and O–H groups in total. The Morgan fingerprint density at radius 3 is 1.71 bits per heavy atom. The van der Waals surface area contributed by atoms with Crippen LogP contribution in [-0.4, -0.2) is 104 Å². The van der Waals surface area contributed by atoms with Crippen LogP contribution in [0.1, 0.15) is 45.3 Å². The summed E-state index contributed by atoms with van der Waals surface area (Å²) in [5.74, 6) is -7.77. The molecule has 0 aliphatic carbocycles. The molecule has 1 saturated heterocycles. The summed E-state index contributed by atoms with van der Waals surface area (Å²) in [4.78, 5) is 71.9. The lowest BCUT2D eigenvalue weighted by Crippen LogP contribution is -2.60. The Bertz CT molecular complexity index is 2020. The zero-order chi connectivity index (χ0) is 39.9. The smallest absolute Gasteiger partial charge is 0.471 e. The van der Waals surface area contributed by atoms with Crippen molar-refractivity contribution >= 4 is 52.9 Å². The summed E-state index contributed by atoms with van der Waals surface area (Å²) in [5, 5.41) is 25.7. The second kappa shape index (κ2) is 16.5. The van der Waals surface area contributed by atoms with Crippen LogP contribution in [0.2, 0.25) is 0 Å². The molecule has 2 aromatic carbocycles. The normalized spacial score (nSPS) is 14.7. The molecule has 1 aliphatic rings. The maximum Gasteiger partial charge on any atom is 0.471 e. The zero-order valence-electron chi connectivity index (χ0n) is 27.9. The van der Waals surface area contributed by atoms with Gasteiger partial charge in [0.1, 0.15) is 12.6 Å². The number of aromatic nitrogens is 4. The van der Waals surface area contributed by atoms with Crippen LogP contribution in [0.3, 0.4) is 0 Å². The summed E-state index contributed by atoms with van der Waals surface area (Å²) in [7, 11) is 0. The molecule has 0 unspecified atom stereocenters. The molecule has 4 aromatic rings. The summed E-state index contributed by atoms with van der Waals surface area (Å²) in [6, 6.07) is 9.74. The van der Waals surface area contributed by atoms with Crippen molar-refractivity contribution in [1.29, 1.82) is 0 Å². The van der Waals surface area contributed by atoms with E-state index in [4.69, 9.17) is 0 Å². The number of aliphatic carboxylic acids is 1. The number of anilines is 4. The van der Waals surface area contributed by atoms with Gasteiger partial charge in [-0.3, -0.25) is 24.0 Å². The highest BCUT2D eigenvalue weighted by atomic mass is 19.4. The largest absolute Gasteiger partial charge is 0.480 e. The summed E-state index contributed by atoms with van der Waals surface area (Å²) < 4.78 is 84.4. The first-order valence-corrected chi connectivity index (χ1v) is 15.9. The van der Waals surface area contributed by atoms with Gasteiger partial charge in [0.15, 0.2) is 0 Å². The van der Waals surface area contributed by atoms with E-state index in [0.717, 1.165) is 4.90 Å². The monoisotopic (exact) mass is 782 g/mol. The minimum Gasteiger partial charge on any atom is -0.480 e. The van der Waals surface area contributed by atoms with E-state index in [1.54, 1.807) is 0 Å². The first-order valence-electron chi connectivity index (χ1n) is 15.9. The van der Waals surface area contributed by atoms with E-state index < -0.39 is 84.8 Å². The summed E-state index contributed by atoms with van der Waals surface area (Å²) >= 11 is 0. The molecule has 1 fully saturated rings. The van der Waals surface area contributed by atoms with Crippen LogP contribution in [0.4, 0.5) is 49.6 Å². The molecule has 24 heteroatoms. The third-order valence-electron chi connectivity index (χ3n) is 7.71. The van der Waals surface area contributed by atoms with Crippen LogP contribution < -0.4 is 21.3 Å². The number of hydrogen-bond acceptors (Lipinski definition) is 13. The Hall–Kier alpha value is -6.75. The Labute approximate surface area is 304 Å². The van der Waals surface area contributed by atoms with Gasteiger partial charge in [0.05, 0.1) is 6.54 Å². The van der Waals surface area contributed by atoms with Crippen molar-refractivity contribution in [3.63, 3.8) is 0 Å². The second-order valence-electron chi connectivity index (χ2n) is 11.6. The lowest BCUT2D eigenvalue weighted by Gasteiger charge is -2.40. The fraction of sp³-hybridized carbons (Fsp3) is 0.323. The van der Waals surface area contributed by atoms with Crippen LogP contribution in [0.25, 0.3) is 0 Å². The molecule has 5 rings (SSSR count). The average Bonchev–Trinajstić information content (AvgIpc) is 3.81. The maximum absolute atomic E-state index is 13.3. The third kappa shape index (κ3) is 10.4. The molecule has 18 nitrogen and oxygen atoms in total. The molecule has 292 valence electrons. The van der Waals surface area contributed by atoms with Crippen LogP contribution in [0.15, 0.2) is 57.6 Å². The van der Waals surface area contributed by atoms with E-state index in [0.29, 0.717) is 0 Å². The van der Waals surface area contributed by atoms with Gasteiger partial charge >= 0.3 is 30.1 Å². The highest BCUT2D eigenvalue weighted by Crippen LogP contribution is 2.30. The van der Waals surface area contributed by atoms with E-state index >= 15 is 0 Å². The van der Waals surface area contributed by atoms with Crippen molar-refractivity contribution < 1.29 is 64.5 Å². The number of carboxylic acids is 1. The predicted molar refractivity (Wildman–Crippen MR) is 172 cm³/mol. The highest BCUT2D eigenvalue weighted by molar-refractivity contribution is 5.98. The number of halogens is 6. The highest BCUT2D eigenvalue weighted by Gasteiger charge is 2.40. The Kier molecular flexibility index (Phi) is 11.8. The molecular weight excluding hydrogens is 754 g/mol. The van der Waals surface area contributed by atoms with Crippen molar-refractivity contribution in [1.82, 2.24) is 40.7 Å². The van der Waals surface area contributed by atoms with E-state index in [2.05, 4.69) is 50.6 Å². The van der Waals surface area contributed by atoms with Crippen LogP contribution in [-0.2, 0) is 26.7 Å². The van der Waals surface area contributed by atoms with Crippen molar-refractivity contribution in [2.75, 3.05) is 43.4 Å². The van der Waals surface area contributed by atoms with Gasteiger partial charge in [-0.1, -0.05) is 0 Å². The summed E-state index contributed by atoms with van der Waals surface area (Å²) in [5.41, 5.74) is 0.740. The number of carbonyl (C=O) groups excluding carboxylic acids is 4. The first-order chi connectivity index (χ1) is 26.0. The van der Waals surface area contributed by atoms with Crippen LogP contribution in [0.5, 0.6) is 0 Å². The topological polar surface area (TPSA) is 238 Å². The van der Waals surface area contributed by atoms with Crippen molar-refractivity contribution in [2.24, 2.45) is 0 Å². The Morgan fingerprint density at radius 2 is 1.25 bits per heavy atom. The van der Waals surface area contributed by atoms with Gasteiger partial charge in [0.25, 0.3) is 23.7 Å². The molecule has 1 aliphatic heterocycles. The third-order valence-corrected chi connectivity index (χ3v) is 7.71. The Balaban J connectivity index is 1.12. The number of alkyl halides is 6. The van der Waals surface area contributed by atoms with Gasteiger partial charge in [-0.2, -0.15) is 36.3 Å². The van der Waals surface area contributed by atoms with Gasteiger partial charge in [-0.15, -0.1) is 0 Å². The standard InChI is InChI=1S/C31H28F6N10O8/c32-30(33,34)26-42-28(44-54-26)40-18-7-3-16(4-8-18)23(51)38-11-1-2-20-25(53)46(15-22(49)50)12-13-47(20)21(48)14-39-24(52)17-5-9-19(10-6-17)41-29-43-27(55-45-29)31(35,36)37/h3-10,20H,1-2,11-15H2,(H,38,51)(H,39,52)(H,40,44)(H,41,45)(H,49,50)/t20-/m0/s1. The van der Waals surface area contributed by atoms with Crippen LogP contribution in [0, 0.1) is 0 Å². The predicted octanol–water partition coefficient (Wildman–Crippen LogP) is 3.04. The van der Waals surface area contributed by atoms with Gasteiger partial charge < -0.3 is 45.2 Å². The molecule has 2 aromatic heterocycles. The second-order valence-corrected chi connectivity index (χ2v) is 11.6. The van der Waals surface area contributed by atoms with Gasteiger partial charge in [-0.25, -0.2) is 0 Å². The maximum atomic E-state index is 13.3. The molecule has 0 bridgehead atoms. The van der Waals surface area contributed by atoms with E-state index in [1.165, 1.54) is 53.4 Å². The lowest BCUT2D eigenvalue weighted by atomic mass is 10.0. The molecular formula is C31H28F6N10O8. The molecule has 1 atom stereocenters. The number of amides is 4. The van der Waals surface area contributed by atoms with Crippen LogP contribution >= 0.6 is 0 Å². The number of piperazine rings is 1. The van der Waals surface area contributed by atoms with Crippen molar-refractivity contribution in [2.45, 2.75) is 31.2 Å². The molecule has 3 heterocycles. The average molecular weight is 783 g/mol. The summed E-state index contributed by atoms with van der Waals surface area (Å²) in [6.07, 6.45) is -9.47. The number of hydrogen-bond donors (Lipinski definition) is 5. The molecule has 55 heavy (non-hydrogen) atoms. The van der Waals surface area contributed by atoms with Gasteiger partial charge in [0, 0.05) is 42.1 Å². The Morgan fingerprint density at radius 1 is 0.764 bits per heavy atom. The van der Waals surface area contributed by atoms with E-state index in [9.17, 15) is 55.4 Å². The van der Waals surface area contributed by atoms with Gasteiger partial charge in [0.2, 0.25) is 11.8 Å².